The molecule has 1 aliphatic rings. The molecule has 23 heavy (non-hydrogen) atoms. The van der Waals surface area contributed by atoms with Gasteiger partial charge in [-0.2, -0.15) is 0 Å². The lowest BCUT2D eigenvalue weighted by Gasteiger charge is -2.37. The number of ketones is 3. The van der Waals surface area contributed by atoms with E-state index in [0.29, 0.717) is 6.42 Å². The van der Waals surface area contributed by atoms with Gasteiger partial charge < -0.3 is 5.11 Å². The summed E-state index contributed by atoms with van der Waals surface area (Å²) >= 11 is 0. The molecule has 0 aromatic carbocycles. The number of Topliss-reactive ketones (excluding diaryl/α,β-unsaturated/α-hetero) is 3. The van der Waals surface area contributed by atoms with Crippen LogP contribution in [0.5, 0.6) is 0 Å². The van der Waals surface area contributed by atoms with Gasteiger partial charge in [0, 0.05) is 6.42 Å². The van der Waals surface area contributed by atoms with E-state index < -0.39 is 16.6 Å². The highest BCUT2D eigenvalue weighted by atomic mass is 16.3. The average molecular weight is 322 g/mol. The molecule has 4 heteroatoms. The van der Waals surface area contributed by atoms with Crippen LogP contribution in [0.1, 0.15) is 79.6 Å². The summed E-state index contributed by atoms with van der Waals surface area (Å²) in [6.45, 7) is 8.35. The van der Waals surface area contributed by atoms with Crippen molar-refractivity contribution in [3.05, 3.63) is 11.3 Å². The Balaban J connectivity index is 2.84. The van der Waals surface area contributed by atoms with Gasteiger partial charge in [-0.15, -0.1) is 0 Å². The number of allylic oxidation sites excluding steroid dienone is 2. The molecule has 0 aliphatic heterocycles. The second kappa shape index (κ2) is 7.41. The standard InChI is InChI=1S/C19H30O4/c1-6-7-8-9-10-11-12-13(20)14-15(21)18(2,3)17(23)19(4,5)16(14)22/h21H,6-12H2,1-5H3. The molecule has 0 unspecified atom stereocenters. The molecular weight excluding hydrogens is 292 g/mol. The molecule has 0 aromatic rings. The number of aliphatic hydroxyl groups is 1. The molecule has 0 saturated heterocycles. The molecule has 1 N–H and O–H groups in total. The van der Waals surface area contributed by atoms with Crippen LogP contribution in [0.25, 0.3) is 0 Å². The zero-order chi connectivity index (χ0) is 17.8. The lowest BCUT2D eigenvalue weighted by atomic mass is 9.63. The smallest absolute Gasteiger partial charge is 0.182 e. The number of carbonyl (C=O) groups excluding carboxylic acids is 3. The fourth-order valence-corrected chi connectivity index (χ4v) is 3.17. The molecular formula is C19H30O4. The Morgan fingerprint density at radius 3 is 2.00 bits per heavy atom. The maximum atomic E-state index is 12.5. The van der Waals surface area contributed by atoms with Crippen LogP contribution in [-0.2, 0) is 14.4 Å². The topological polar surface area (TPSA) is 71.4 Å². The summed E-state index contributed by atoms with van der Waals surface area (Å²) in [5.74, 6) is -1.58. The van der Waals surface area contributed by atoms with Crippen LogP contribution in [0.15, 0.2) is 11.3 Å². The monoisotopic (exact) mass is 322 g/mol. The van der Waals surface area contributed by atoms with Crippen molar-refractivity contribution in [2.45, 2.75) is 79.6 Å². The summed E-state index contributed by atoms with van der Waals surface area (Å²) in [5, 5.41) is 10.3. The van der Waals surface area contributed by atoms with Gasteiger partial charge in [0.05, 0.1) is 10.8 Å². The summed E-state index contributed by atoms with van der Waals surface area (Å²) in [5.41, 5.74) is -2.61. The Morgan fingerprint density at radius 1 is 0.913 bits per heavy atom. The van der Waals surface area contributed by atoms with Crippen LogP contribution in [-0.4, -0.2) is 22.5 Å². The van der Waals surface area contributed by atoms with Crippen molar-refractivity contribution in [3.8, 4) is 0 Å². The van der Waals surface area contributed by atoms with Gasteiger partial charge in [0.25, 0.3) is 0 Å². The number of hydrogen-bond donors (Lipinski definition) is 1. The van der Waals surface area contributed by atoms with Gasteiger partial charge in [-0.3, -0.25) is 14.4 Å². The van der Waals surface area contributed by atoms with E-state index in [9.17, 15) is 19.5 Å². The number of unbranched alkanes of at least 4 members (excludes halogenated alkanes) is 5. The lowest BCUT2D eigenvalue weighted by Crippen LogP contribution is -2.50. The van der Waals surface area contributed by atoms with Gasteiger partial charge >= 0.3 is 0 Å². The minimum Gasteiger partial charge on any atom is -0.510 e. The van der Waals surface area contributed by atoms with Crippen molar-refractivity contribution in [3.63, 3.8) is 0 Å². The van der Waals surface area contributed by atoms with Gasteiger partial charge in [-0.25, -0.2) is 0 Å². The van der Waals surface area contributed by atoms with Crippen LogP contribution < -0.4 is 0 Å². The molecule has 0 heterocycles. The van der Waals surface area contributed by atoms with Gasteiger partial charge in [0.1, 0.15) is 11.3 Å². The quantitative estimate of drug-likeness (QED) is 0.410. The third-order valence-corrected chi connectivity index (χ3v) is 4.80. The Morgan fingerprint density at radius 2 is 1.43 bits per heavy atom. The van der Waals surface area contributed by atoms with E-state index in [4.69, 9.17) is 0 Å². The first kappa shape index (κ1) is 19.6. The van der Waals surface area contributed by atoms with E-state index in [1.165, 1.54) is 26.7 Å². The Hall–Kier alpha value is -1.45. The van der Waals surface area contributed by atoms with E-state index in [-0.39, 0.29) is 29.3 Å². The SMILES string of the molecule is CCCCCCCCC(=O)C1=C(O)C(C)(C)C(=O)C(C)(C)C1=O. The zero-order valence-electron chi connectivity index (χ0n) is 15.1. The van der Waals surface area contributed by atoms with Gasteiger partial charge in [0.2, 0.25) is 0 Å². The van der Waals surface area contributed by atoms with Gasteiger partial charge in [0.15, 0.2) is 17.3 Å². The molecule has 0 atom stereocenters. The number of aliphatic hydroxyl groups excluding tert-OH is 1. The number of carbonyl (C=O) groups is 3. The highest BCUT2D eigenvalue weighted by Crippen LogP contribution is 2.43. The molecule has 0 amide bonds. The summed E-state index contributed by atoms with van der Waals surface area (Å²) in [6, 6.07) is 0. The first-order valence-electron chi connectivity index (χ1n) is 8.65. The van der Waals surface area contributed by atoms with E-state index in [1.807, 2.05) is 0 Å². The second-order valence-corrected chi connectivity index (χ2v) is 7.57. The molecule has 0 radical (unpaired) electrons. The third-order valence-electron chi connectivity index (χ3n) is 4.80. The molecule has 0 aromatic heterocycles. The third kappa shape index (κ3) is 3.91. The van der Waals surface area contributed by atoms with E-state index >= 15 is 0 Å². The first-order valence-corrected chi connectivity index (χ1v) is 8.65. The van der Waals surface area contributed by atoms with Crippen molar-refractivity contribution in [2.24, 2.45) is 10.8 Å². The molecule has 0 saturated carbocycles. The molecule has 1 rings (SSSR count). The molecule has 1 aliphatic carbocycles. The fraction of sp³-hybridized carbons (Fsp3) is 0.737. The second-order valence-electron chi connectivity index (χ2n) is 7.57. The highest BCUT2D eigenvalue weighted by molar-refractivity contribution is 6.30. The number of hydrogen-bond acceptors (Lipinski definition) is 4. The summed E-state index contributed by atoms with van der Waals surface area (Å²) < 4.78 is 0. The van der Waals surface area contributed by atoms with E-state index in [2.05, 4.69) is 6.92 Å². The van der Waals surface area contributed by atoms with Crippen LogP contribution >= 0.6 is 0 Å². The number of rotatable bonds is 8. The van der Waals surface area contributed by atoms with Crippen molar-refractivity contribution in [1.29, 1.82) is 0 Å². The minimum atomic E-state index is -1.26. The van der Waals surface area contributed by atoms with Crippen LogP contribution in [0, 0.1) is 10.8 Å². The maximum absolute atomic E-state index is 12.5. The van der Waals surface area contributed by atoms with Crippen molar-refractivity contribution >= 4 is 17.3 Å². The van der Waals surface area contributed by atoms with E-state index in [1.54, 1.807) is 13.8 Å². The molecule has 130 valence electrons. The van der Waals surface area contributed by atoms with Gasteiger partial charge in [-0.1, -0.05) is 39.0 Å². The maximum Gasteiger partial charge on any atom is 0.182 e. The van der Waals surface area contributed by atoms with E-state index in [0.717, 1.165) is 19.3 Å². The van der Waals surface area contributed by atoms with Crippen molar-refractivity contribution < 1.29 is 19.5 Å². The van der Waals surface area contributed by atoms with Crippen molar-refractivity contribution in [1.82, 2.24) is 0 Å². The average Bonchev–Trinajstić information content (AvgIpc) is 2.48. The Bertz CT molecular complexity index is 523. The Kier molecular flexibility index (Phi) is 6.32. The van der Waals surface area contributed by atoms with Gasteiger partial charge in [-0.05, 0) is 34.1 Å². The molecule has 0 spiro atoms. The fourth-order valence-electron chi connectivity index (χ4n) is 3.17. The summed E-state index contributed by atoms with van der Waals surface area (Å²) in [6.07, 6.45) is 6.51. The summed E-state index contributed by atoms with van der Waals surface area (Å²) in [4.78, 5) is 37.3. The predicted molar refractivity (Wildman–Crippen MR) is 90.2 cm³/mol. The minimum absolute atomic E-state index is 0.159. The van der Waals surface area contributed by atoms with Crippen LogP contribution in [0.4, 0.5) is 0 Å². The predicted octanol–water partition coefficient (Wildman–Crippen LogP) is 4.32. The van der Waals surface area contributed by atoms with Crippen LogP contribution in [0.2, 0.25) is 0 Å². The zero-order valence-corrected chi connectivity index (χ0v) is 15.1. The molecule has 4 nitrogen and oxygen atoms in total. The molecule has 0 fully saturated rings. The lowest BCUT2D eigenvalue weighted by molar-refractivity contribution is -0.145. The molecule has 0 bridgehead atoms. The largest absolute Gasteiger partial charge is 0.510 e. The summed E-state index contributed by atoms with van der Waals surface area (Å²) in [7, 11) is 0. The normalized spacial score (nSPS) is 20.0. The van der Waals surface area contributed by atoms with Crippen molar-refractivity contribution in [2.75, 3.05) is 0 Å². The first-order chi connectivity index (χ1) is 10.6. The van der Waals surface area contributed by atoms with Crippen LogP contribution in [0.3, 0.4) is 0 Å². The Labute approximate surface area is 139 Å². The highest BCUT2D eigenvalue weighted by Gasteiger charge is 2.54.